The zero-order valence-corrected chi connectivity index (χ0v) is 19.6. The molecular weight excluding hydrogens is 428 g/mol. The number of nitrogens with one attached hydrogen (secondary N) is 1. The van der Waals surface area contributed by atoms with E-state index in [1.807, 2.05) is 31.2 Å². The van der Waals surface area contributed by atoms with Crippen LogP contribution in [0.25, 0.3) is 0 Å². The number of carbonyl (C=O) groups is 1. The summed E-state index contributed by atoms with van der Waals surface area (Å²) < 4.78 is 38.4. The molecule has 8 heteroatoms. The lowest BCUT2D eigenvalue weighted by atomic mass is 10.1. The van der Waals surface area contributed by atoms with E-state index < -0.39 is 16.1 Å². The number of nitrogens with zero attached hydrogens (tertiary/aromatic N) is 1. The van der Waals surface area contributed by atoms with Gasteiger partial charge in [0.25, 0.3) is 5.91 Å². The van der Waals surface area contributed by atoms with Gasteiger partial charge in [0.05, 0.1) is 11.4 Å². The Morgan fingerprint density at radius 1 is 1.06 bits per heavy atom. The van der Waals surface area contributed by atoms with E-state index in [1.165, 1.54) is 0 Å². The van der Waals surface area contributed by atoms with Crippen molar-refractivity contribution in [2.75, 3.05) is 26.2 Å². The van der Waals surface area contributed by atoms with Gasteiger partial charge in [0.2, 0.25) is 10.0 Å². The normalized spacial score (nSPS) is 15.7. The molecule has 1 atom stereocenters. The highest BCUT2D eigenvalue weighted by atomic mass is 32.2. The summed E-state index contributed by atoms with van der Waals surface area (Å²) in [5.74, 6) is 1.05. The molecule has 32 heavy (non-hydrogen) atoms. The van der Waals surface area contributed by atoms with Gasteiger partial charge in [-0.2, -0.15) is 4.31 Å². The number of hydrogen-bond donors (Lipinski definition) is 1. The number of para-hydroxylation sites is 1. The van der Waals surface area contributed by atoms with Crippen molar-refractivity contribution < 1.29 is 22.7 Å². The van der Waals surface area contributed by atoms with Crippen molar-refractivity contribution in [3.63, 3.8) is 0 Å². The molecule has 174 valence electrons. The Balaban J connectivity index is 1.43. The molecule has 1 fully saturated rings. The molecule has 0 radical (unpaired) electrons. The molecule has 1 aliphatic rings. The minimum absolute atomic E-state index is 0.220. The van der Waals surface area contributed by atoms with E-state index in [4.69, 9.17) is 9.47 Å². The van der Waals surface area contributed by atoms with E-state index in [0.717, 1.165) is 31.2 Å². The number of aryl methyl sites for hydroxylation is 1. The molecule has 0 spiro atoms. The number of amides is 1. The summed E-state index contributed by atoms with van der Waals surface area (Å²) in [6, 6.07) is 14.1. The van der Waals surface area contributed by atoms with Crippen LogP contribution in [0.2, 0.25) is 0 Å². The van der Waals surface area contributed by atoms with E-state index in [9.17, 15) is 13.2 Å². The Labute approximate surface area is 190 Å². The van der Waals surface area contributed by atoms with Crippen molar-refractivity contribution in [1.82, 2.24) is 9.62 Å². The van der Waals surface area contributed by atoms with Crippen molar-refractivity contribution >= 4 is 15.9 Å². The van der Waals surface area contributed by atoms with Crippen LogP contribution in [0.4, 0.5) is 0 Å². The second-order valence-electron chi connectivity index (χ2n) is 7.80. The molecule has 1 amide bonds. The number of rotatable bonds is 10. The van der Waals surface area contributed by atoms with Crippen molar-refractivity contribution in [2.24, 2.45) is 0 Å². The minimum Gasteiger partial charge on any atom is -0.492 e. The molecule has 2 aromatic carbocycles. The summed E-state index contributed by atoms with van der Waals surface area (Å²) in [6.45, 7) is 5.49. The van der Waals surface area contributed by atoms with Gasteiger partial charge >= 0.3 is 0 Å². The number of piperidine rings is 1. The fourth-order valence-electron chi connectivity index (χ4n) is 3.60. The monoisotopic (exact) mass is 460 g/mol. The topological polar surface area (TPSA) is 84.9 Å². The molecule has 1 aliphatic heterocycles. The highest BCUT2D eigenvalue weighted by Gasteiger charge is 2.25. The zero-order chi connectivity index (χ0) is 23.0. The quantitative estimate of drug-likeness (QED) is 0.550. The van der Waals surface area contributed by atoms with Crippen LogP contribution in [-0.2, 0) is 21.2 Å². The third-order valence-electron chi connectivity index (χ3n) is 5.47. The molecule has 0 bridgehead atoms. The number of ether oxygens (including phenoxy) is 2. The first-order chi connectivity index (χ1) is 15.4. The van der Waals surface area contributed by atoms with Crippen LogP contribution in [0.3, 0.4) is 0 Å². The van der Waals surface area contributed by atoms with Crippen molar-refractivity contribution in [1.29, 1.82) is 0 Å². The molecule has 1 saturated heterocycles. The van der Waals surface area contributed by atoms with E-state index in [-0.39, 0.29) is 17.4 Å². The second-order valence-corrected chi connectivity index (χ2v) is 9.73. The van der Waals surface area contributed by atoms with Gasteiger partial charge < -0.3 is 14.8 Å². The van der Waals surface area contributed by atoms with Gasteiger partial charge in [-0.05, 0) is 62.1 Å². The fourth-order valence-corrected chi connectivity index (χ4v) is 5.12. The molecule has 1 N–H and O–H groups in total. The predicted octanol–water partition coefficient (Wildman–Crippen LogP) is 3.39. The average molecular weight is 461 g/mol. The third-order valence-corrected chi connectivity index (χ3v) is 7.39. The van der Waals surface area contributed by atoms with Crippen LogP contribution in [-0.4, -0.2) is 51.0 Å². The number of sulfonamides is 1. The Bertz CT molecular complexity index is 986. The minimum atomic E-state index is -3.45. The standard InChI is InChI=1S/C24H32N2O5S/c1-3-20-9-5-6-10-23(20)31-19(2)24(27)25-15-18-30-21-11-13-22(14-12-21)32(28,29)26-16-7-4-8-17-26/h5-6,9-14,19H,3-4,7-8,15-18H2,1-2H3,(H,25,27). The maximum Gasteiger partial charge on any atom is 0.260 e. The van der Waals surface area contributed by atoms with Gasteiger partial charge in [-0.15, -0.1) is 0 Å². The van der Waals surface area contributed by atoms with Crippen LogP contribution in [0, 0.1) is 0 Å². The predicted molar refractivity (Wildman–Crippen MR) is 123 cm³/mol. The average Bonchev–Trinajstić information content (AvgIpc) is 2.83. The van der Waals surface area contributed by atoms with Crippen LogP contribution in [0.15, 0.2) is 53.4 Å². The lowest BCUT2D eigenvalue weighted by Gasteiger charge is -2.25. The van der Waals surface area contributed by atoms with Crippen LogP contribution < -0.4 is 14.8 Å². The Kier molecular flexibility index (Phi) is 8.53. The first-order valence-corrected chi connectivity index (χ1v) is 12.6. The van der Waals surface area contributed by atoms with Crippen LogP contribution >= 0.6 is 0 Å². The molecule has 0 saturated carbocycles. The van der Waals surface area contributed by atoms with Gasteiger partial charge in [0, 0.05) is 13.1 Å². The first kappa shape index (κ1) is 24.1. The molecular formula is C24H32N2O5S. The largest absolute Gasteiger partial charge is 0.492 e. The maximum absolute atomic E-state index is 12.7. The highest BCUT2D eigenvalue weighted by molar-refractivity contribution is 7.89. The lowest BCUT2D eigenvalue weighted by Crippen LogP contribution is -2.38. The number of carbonyl (C=O) groups excluding carboxylic acids is 1. The first-order valence-electron chi connectivity index (χ1n) is 11.2. The van der Waals surface area contributed by atoms with E-state index >= 15 is 0 Å². The summed E-state index contributed by atoms with van der Waals surface area (Å²) in [6.07, 6.45) is 3.09. The van der Waals surface area contributed by atoms with E-state index in [2.05, 4.69) is 5.32 Å². The number of hydrogen-bond acceptors (Lipinski definition) is 5. The van der Waals surface area contributed by atoms with Crippen LogP contribution in [0.1, 0.15) is 38.7 Å². The zero-order valence-electron chi connectivity index (χ0n) is 18.7. The van der Waals surface area contributed by atoms with Gasteiger partial charge in [-0.25, -0.2) is 8.42 Å². The van der Waals surface area contributed by atoms with E-state index in [0.29, 0.717) is 31.1 Å². The van der Waals surface area contributed by atoms with Gasteiger partial charge in [0.1, 0.15) is 18.1 Å². The summed E-state index contributed by atoms with van der Waals surface area (Å²) >= 11 is 0. The van der Waals surface area contributed by atoms with Crippen molar-refractivity contribution in [3.05, 3.63) is 54.1 Å². The summed E-state index contributed by atoms with van der Waals surface area (Å²) in [4.78, 5) is 12.6. The van der Waals surface area contributed by atoms with Crippen molar-refractivity contribution in [2.45, 2.75) is 50.5 Å². The molecule has 2 aromatic rings. The molecule has 0 aromatic heterocycles. The Hall–Kier alpha value is -2.58. The second kappa shape index (κ2) is 11.3. The van der Waals surface area contributed by atoms with Gasteiger partial charge in [-0.3, -0.25) is 4.79 Å². The molecule has 1 unspecified atom stereocenters. The molecule has 7 nitrogen and oxygen atoms in total. The summed E-state index contributed by atoms with van der Waals surface area (Å²) in [7, 11) is -3.45. The maximum atomic E-state index is 12.7. The molecule has 1 heterocycles. The fraction of sp³-hybridized carbons (Fsp3) is 0.458. The Morgan fingerprint density at radius 2 is 1.75 bits per heavy atom. The SMILES string of the molecule is CCc1ccccc1OC(C)C(=O)NCCOc1ccc(S(=O)(=O)N2CCCCC2)cc1. The lowest BCUT2D eigenvalue weighted by molar-refractivity contribution is -0.127. The summed E-state index contributed by atoms with van der Waals surface area (Å²) in [5.41, 5.74) is 1.06. The van der Waals surface area contributed by atoms with E-state index in [1.54, 1.807) is 35.5 Å². The molecule has 3 rings (SSSR count). The van der Waals surface area contributed by atoms with Gasteiger partial charge in [0.15, 0.2) is 6.10 Å². The third kappa shape index (κ3) is 6.23. The molecule has 0 aliphatic carbocycles. The Morgan fingerprint density at radius 3 is 2.44 bits per heavy atom. The van der Waals surface area contributed by atoms with Crippen molar-refractivity contribution in [3.8, 4) is 11.5 Å². The smallest absolute Gasteiger partial charge is 0.260 e. The number of benzene rings is 2. The van der Waals surface area contributed by atoms with Gasteiger partial charge in [-0.1, -0.05) is 31.5 Å². The highest BCUT2D eigenvalue weighted by Crippen LogP contribution is 2.23. The van der Waals surface area contributed by atoms with Crippen LogP contribution in [0.5, 0.6) is 11.5 Å². The summed E-state index contributed by atoms with van der Waals surface area (Å²) in [5, 5.41) is 2.80.